The van der Waals surface area contributed by atoms with Gasteiger partial charge in [0, 0.05) is 57.8 Å². The zero-order valence-corrected chi connectivity index (χ0v) is 17.5. The fourth-order valence-electron chi connectivity index (χ4n) is 3.36. The first-order valence-corrected chi connectivity index (χ1v) is 10.1. The summed E-state index contributed by atoms with van der Waals surface area (Å²) in [5, 5.41) is 6.69. The summed E-state index contributed by atoms with van der Waals surface area (Å²) < 4.78 is 0. The number of hydrogen-bond donors (Lipinski definition) is 2. The van der Waals surface area contributed by atoms with Crippen molar-refractivity contribution in [1.29, 1.82) is 0 Å². The number of rotatable bonds is 7. The molecule has 1 atom stereocenters. The van der Waals surface area contributed by atoms with Crippen LogP contribution in [0.1, 0.15) is 49.5 Å². The molecule has 28 heavy (non-hydrogen) atoms. The molecular weight excluding hydrogens is 354 g/mol. The Kier molecular flexibility index (Phi) is 8.29. The van der Waals surface area contributed by atoms with Crippen LogP contribution in [0, 0.1) is 0 Å². The maximum Gasteiger partial charge on any atom is 0.253 e. The van der Waals surface area contributed by atoms with Crippen molar-refractivity contribution in [3.05, 3.63) is 35.4 Å². The number of hydrogen-bond acceptors (Lipinski definition) is 3. The first kappa shape index (κ1) is 21.7. The first-order chi connectivity index (χ1) is 13.5. The second-order valence-corrected chi connectivity index (χ2v) is 6.92. The highest BCUT2D eigenvalue weighted by molar-refractivity contribution is 5.94. The van der Waals surface area contributed by atoms with Crippen molar-refractivity contribution in [2.75, 3.05) is 33.2 Å². The third-order valence-corrected chi connectivity index (χ3v) is 5.12. The molecule has 2 N–H and O–H groups in total. The molecule has 0 saturated carbocycles. The topological polar surface area (TPSA) is 77.0 Å². The van der Waals surface area contributed by atoms with E-state index in [1.54, 1.807) is 7.05 Å². The number of carbonyl (C=O) groups excluding carboxylic acids is 2. The monoisotopic (exact) mass is 387 g/mol. The third-order valence-electron chi connectivity index (χ3n) is 5.12. The number of likely N-dealkylation sites (tertiary alicyclic amines) is 1. The Morgan fingerprint density at radius 2 is 1.86 bits per heavy atom. The summed E-state index contributed by atoms with van der Waals surface area (Å²) in [5.74, 6) is 0.986. The van der Waals surface area contributed by atoms with Crippen LogP contribution in [0.25, 0.3) is 0 Å². The summed E-state index contributed by atoms with van der Waals surface area (Å²) in [5.41, 5.74) is 1.79. The molecule has 0 bridgehead atoms. The zero-order valence-electron chi connectivity index (χ0n) is 17.5. The molecule has 1 heterocycles. The number of aliphatic imine (C=N–C) groups is 1. The first-order valence-electron chi connectivity index (χ1n) is 10.1. The molecule has 1 unspecified atom stereocenters. The predicted octanol–water partition coefficient (Wildman–Crippen LogP) is 1.84. The lowest BCUT2D eigenvalue weighted by atomic mass is 10.1. The molecule has 7 heteroatoms. The minimum atomic E-state index is 0.0643. The van der Waals surface area contributed by atoms with Gasteiger partial charge in [-0.1, -0.05) is 19.1 Å². The average Bonchev–Trinajstić information content (AvgIpc) is 3.20. The highest BCUT2D eigenvalue weighted by atomic mass is 16.2. The molecule has 1 aliphatic heterocycles. The van der Waals surface area contributed by atoms with Gasteiger partial charge in [-0.2, -0.15) is 0 Å². The summed E-state index contributed by atoms with van der Waals surface area (Å²) in [6.07, 6.45) is 1.47. The molecule has 2 amide bonds. The minimum Gasteiger partial charge on any atom is -0.352 e. The summed E-state index contributed by atoms with van der Waals surface area (Å²) in [6, 6.07) is 7.90. The summed E-state index contributed by atoms with van der Waals surface area (Å²) >= 11 is 0. The van der Waals surface area contributed by atoms with Crippen molar-refractivity contribution >= 4 is 17.8 Å². The van der Waals surface area contributed by atoms with Crippen molar-refractivity contribution in [3.8, 4) is 0 Å². The molecule has 1 aromatic carbocycles. The van der Waals surface area contributed by atoms with Gasteiger partial charge < -0.3 is 20.4 Å². The van der Waals surface area contributed by atoms with Crippen LogP contribution in [0.2, 0.25) is 0 Å². The van der Waals surface area contributed by atoms with Gasteiger partial charge in [-0.25, -0.2) is 0 Å². The maximum atomic E-state index is 12.4. The van der Waals surface area contributed by atoms with Crippen molar-refractivity contribution < 1.29 is 9.59 Å². The number of nitrogens with one attached hydrogen (secondary N) is 2. The van der Waals surface area contributed by atoms with E-state index in [2.05, 4.69) is 15.6 Å². The number of carbonyl (C=O) groups is 2. The molecule has 0 aromatic heterocycles. The summed E-state index contributed by atoms with van der Waals surface area (Å²) in [6.45, 7) is 9.42. The predicted molar refractivity (Wildman–Crippen MR) is 112 cm³/mol. The van der Waals surface area contributed by atoms with E-state index in [1.807, 2.05) is 54.8 Å². The van der Waals surface area contributed by atoms with Gasteiger partial charge in [-0.3, -0.25) is 14.6 Å². The smallest absolute Gasteiger partial charge is 0.253 e. The Labute approximate surface area is 168 Å². The molecule has 1 aliphatic rings. The molecule has 2 rings (SSSR count). The van der Waals surface area contributed by atoms with E-state index < -0.39 is 0 Å². The Morgan fingerprint density at radius 1 is 1.18 bits per heavy atom. The molecule has 154 valence electrons. The second-order valence-electron chi connectivity index (χ2n) is 6.92. The van der Waals surface area contributed by atoms with Crippen LogP contribution in [0.4, 0.5) is 0 Å². The van der Waals surface area contributed by atoms with Crippen molar-refractivity contribution in [2.24, 2.45) is 4.99 Å². The van der Waals surface area contributed by atoms with Gasteiger partial charge in [-0.15, -0.1) is 0 Å². The largest absolute Gasteiger partial charge is 0.352 e. The lowest BCUT2D eigenvalue weighted by Gasteiger charge is -2.19. The quantitative estimate of drug-likeness (QED) is 0.553. The Balaban J connectivity index is 1.85. The van der Waals surface area contributed by atoms with Gasteiger partial charge in [0.25, 0.3) is 5.91 Å². The molecular formula is C21H33N5O2. The van der Waals surface area contributed by atoms with Gasteiger partial charge in [0.05, 0.1) is 0 Å². The Morgan fingerprint density at radius 3 is 2.43 bits per heavy atom. The van der Waals surface area contributed by atoms with E-state index in [1.165, 1.54) is 0 Å². The van der Waals surface area contributed by atoms with E-state index >= 15 is 0 Å². The number of benzene rings is 1. The van der Waals surface area contributed by atoms with E-state index in [0.717, 1.165) is 31.0 Å². The zero-order chi connectivity index (χ0) is 20.5. The van der Waals surface area contributed by atoms with E-state index in [-0.39, 0.29) is 17.9 Å². The molecule has 0 aliphatic carbocycles. The normalized spacial score (nSPS) is 16.8. The van der Waals surface area contributed by atoms with E-state index in [0.29, 0.717) is 31.6 Å². The molecule has 1 saturated heterocycles. The van der Waals surface area contributed by atoms with Crippen LogP contribution >= 0.6 is 0 Å². The number of guanidine groups is 1. The van der Waals surface area contributed by atoms with Crippen LogP contribution in [0.3, 0.4) is 0 Å². The van der Waals surface area contributed by atoms with Crippen molar-refractivity contribution in [3.63, 3.8) is 0 Å². The molecule has 1 fully saturated rings. The number of amides is 2. The van der Waals surface area contributed by atoms with Crippen LogP contribution < -0.4 is 10.6 Å². The second kappa shape index (κ2) is 10.7. The number of nitrogens with zero attached hydrogens (tertiary/aromatic N) is 3. The highest BCUT2D eigenvalue weighted by Gasteiger charge is 2.25. The SMILES string of the molecule is CCC(=O)N1CCC(NC(=NC)NCc2ccc(C(=O)N(CC)CC)cc2)C1. The van der Waals surface area contributed by atoms with Crippen LogP contribution in [0.5, 0.6) is 0 Å². The van der Waals surface area contributed by atoms with Crippen LogP contribution in [-0.2, 0) is 11.3 Å². The summed E-state index contributed by atoms with van der Waals surface area (Å²) in [7, 11) is 1.74. The lowest BCUT2D eigenvalue weighted by molar-refractivity contribution is -0.129. The van der Waals surface area contributed by atoms with Crippen LogP contribution in [-0.4, -0.2) is 66.8 Å². The minimum absolute atomic E-state index is 0.0643. The molecule has 7 nitrogen and oxygen atoms in total. The highest BCUT2D eigenvalue weighted by Crippen LogP contribution is 2.11. The molecule has 0 spiro atoms. The Hall–Kier alpha value is -2.57. The van der Waals surface area contributed by atoms with Crippen molar-refractivity contribution in [2.45, 2.75) is 46.2 Å². The van der Waals surface area contributed by atoms with E-state index in [9.17, 15) is 9.59 Å². The average molecular weight is 388 g/mol. The maximum absolute atomic E-state index is 12.4. The van der Waals surface area contributed by atoms with Gasteiger partial charge in [0.2, 0.25) is 5.91 Å². The molecule has 1 aromatic rings. The molecule has 0 radical (unpaired) electrons. The Bertz CT molecular complexity index is 683. The summed E-state index contributed by atoms with van der Waals surface area (Å²) in [4.78, 5) is 32.2. The standard InChI is InChI=1S/C21H33N5O2/c1-5-19(27)26-13-12-18(15-26)24-21(22-4)23-14-16-8-10-17(11-9-16)20(28)25(6-2)7-3/h8-11,18H,5-7,12-15H2,1-4H3,(H2,22,23,24). The van der Waals surface area contributed by atoms with Gasteiger partial charge >= 0.3 is 0 Å². The lowest BCUT2D eigenvalue weighted by Crippen LogP contribution is -2.44. The van der Waals surface area contributed by atoms with Gasteiger partial charge in [0.15, 0.2) is 5.96 Å². The third kappa shape index (κ3) is 5.71. The fraction of sp³-hybridized carbons (Fsp3) is 0.571. The fourth-order valence-corrected chi connectivity index (χ4v) is 3.36. The van der Waals surface area contributed by atoms with E-state index in [4.69, 9.17) is 0 Å². The van der Waals surface area contributed by atoms with Gasteiger partial charge in [-0.05, 0) is 38.0 Å². The van der Waals surface area contributed by atoms with Gasteiger partial charge in [0.1, 0.15) is 0 Å². The van der Waals surface area contributed by atoms with Crippen LogP contribution in [0.15, 0.2) is 29.3 Å². The van der Waals surface area contributed by atoms with Crippen molar-refractivity contribution in [1.82, 2.24) is 20.4 Å².